The van der Waals surface area contributed by atoms with E-state index in [1.165, 1.54) is 96.3 Å². The summed E-state index contributed by atoms with van der Waals surface area (Å²) in [5, 5.41) is 41.3. The molecule has 51 heavy (non-hydrogen) atoms. The SMILES string of the molecule is CCCCCC/C=C\CCCCCCCC(=O)OC[C@H]1O[C@@H](OC[C@H](O)COC(=O)CCCCCCCCCCCCCCC)[C@H](O)[C@@H](O)[C@H]1O. The summed E-state index contributed by atoms with van der Waals surface area (Å²) in [6.07, 6.45) is 25.0. The highest BCUT2D eigenvalue weighted by atomic mass is 16.7. The highest BCUT2D eigenvalue weighted by Crippen LogP contribution is 2.23. The molecule has 1 heterocycles. The molecule has 1 rings (SSSR count). The molecule has 1 saturated heterocycles. The summed E-state index contributed by atoms with van der Waals surface area (Å²) in [6, 6.07) is 0. The lowest BCUT2D eigenvalue weighted by Gasteiger charge is -2.40. The average Bonchev–Trinajstić information content (AvgIpc) is 3.12. The number of rotatable bonds is 34. The minimum Gasteiger partial charge on any atom is -0.463 e. The van der Waals surface area contributed by atoms with E-state index in [-0.39, 0.29) is 38.6 Å². The van der Waals surface area contributed by atoms with Crippen LogP contribution in [0.1, 0.15) is 181 Å². The maximum Gasteiger partial charge on any atom is 0.305 e. The predicted octanol–water partition coefficient (Wildman–Crippen LogP) is 8.00. The van der Waals surface area contributed by atoms with E-state index in [4.69, 9.17) is 18.9 Å². The molecule has 10 nitrogen and oxygen atoms in total. The first kappa shape index (κ1) is 47.5. The van der Waals surface area contributed by atoms with Gasteiger partial charge in [-0.1, -0.05) is 142 Å². The van der Waals surface area contributed by atoms with Gasteiger partial charge in [-0.25, -0.2) is 0 Å². The normalized spacial score (nSPS) is 21.3. The van der Waals surface area contributed by atoms with Gasteiger partial charge in [0, 0.05) is 12.8 Å². The monoisotopic (exact) mass is 729 g/mol. The van der Waals surface area contributed by atoms with Crippen molar-refractivity contribution in [3.05, 3.63) is 12.2 Å². The van der Waals surface area contributed by atoms with Gasteiger partial charge in [-0.3, -0.25) is 9.59 Å². The molecular weight excluding hydrogens is 652 g/mol. The number of hydrogen-bond donors (Lipinski definition) is 4. The van der Waals surface area contributed by atoms with Crippen molar-refractivity contribution in [2.45, 2.75) is 218 Å². The standard InChI is InChI=1S/C41H76O10/c1-3-5-7-9-11-13-15-17-19-21-23-25-27-29-36(43)48-31-34(42)32-50-41-40(47)39(46)38(45)35(51-41)33-49-37(44)30-28-26-24-22-20-18-16-14-12-10-8-6-4-2/h14,16,34-35,38-42,45-47H,3-13,15,17-33H2,1-2H3/b16-14-/t34-,35-,38+,39+,40-,41-/m1/s1. The Morgan fingerprint density at radius 1 is 0.569 bits per heavy atom. The van der Waals surface area contributed by atoms with Gasteiger partial charge < -0.3 is 39.4 Å². The van der Waals surface area contributed by atoms with Gasteiger partial charge in [0.1, 0.15) is 43.7 Å². The molecule has 1 aliphatic heterocycles. The average molecular weight is 729 g/mol. The van der Waals surface area contributed by atoms with Gasteiger partial charge in [0.05, 0.1) is 6.61 Å². The third kappa shape index (κ3) is 26.0. The van der Waals surface area contributed by atoms with Gasteiger partial charge in [0.2, 0.25) is 0 Å². The molecular formula is C41H76O10. The molecule has 1 fully saturated rings. The Morgan fingerprint density at radius 3 is 1.51 bits per heavy atom. The van der Waals surface area contributed by atoms with Gasteiger partial charge in [-0.05, 0) is 38.5 Å². The number of allylic oxidation sites excluding steroid dienone is 2. The van der Waals surface area contributed by atoms with Gasteiger partial charge in [0.25, 0.3) is 0 Å². The fourth-order valence-electron chi connectivity index (χ4n) is 6.23. The molecule has 1 aliphatic rings. The molecule has 0 unspecified atom stereocenters. The van der Waals surface area contributed by atoms with Crippen LogP contribution >= 0.6 is 0 Å². The van der Waals surface area contributed by atoms with Crippen LogP contribution in [-0.4, -0.2) is 89.0 Å². The Bertz CT molecular complexity index is 852. The van der Waals surface area contributed by atoms with Crippen LogP contribution in [-0.2, 0) is 28.5 Å². The number of unbranched alkanes of at least 4 members (excludes halogenated alkanes) is 21. The second-order valence-corrected chi connectivity index (χ2v) is 14.5. The minimum atomic E-state index is -1.60. The van der Waals surface area contributed by atoms with Crippen molar-refractivity contribution in [1.82, 2.24) is 0 Å². The summed E-state index contributed by atoms with van der Waals surface area (Å²) in [7, 11) is 0. The lowest BCUT2D eigenvalue weighted by atomic mass is 9.99. The summed E-state index contributed by atoms with van der Waals surface area (Å²) in [4.78, 5) is 24.4. The fraction of sp³-hybridized carbons (Fsp3) is 0.902. The van der Waals surface area contributed by atoms with Crippen molar-refractivity contribution in [3.8, 4) is 0 Å². The number of aliphatic hydroxyl groups excluding tert-OH is 4. The first-order chi connectivity index (χ1) is 24.8. The van der Waals surface area contributed by atoms with Crippen LogP contribution in [0.5, 0.6) is 0 Å². The molecule has 10 heteroatoms. The van der Waals surface area contributed by atoms with Crippen molar-refractivity contribution in [2.24, 2.45) is 0 Å². The van der Waals surface area contributed by atoms with Gasteiger partial charge in [-0.15, -0.1) is 0 Å². The Kier molecular flexibility index (Phi) is 30.7. The van der Waals surface area contributed by atoms with Crippen LogP contribution in [0.25, 0.3) is 0 Å². The van der Waals surface area contributed by atoms with Gasteiger partial charge in [0.15, 0.2) is 6.29 Å². The Labute approximate surface area is 310 Å². The quantitative estimate of drug-likeness (QED) is 0.0291. The Morgan fingerprint density at radius 2 is 1.00 bits per heavy atom. The number of hydrogen-bond acceptors (Lipinski definition) is 10. The fourth-order valence-corrected chi connectivity index (χ4v) is 6.23. The molecule has 0 saturated carbocycles. The molecule has 0 aromatic carbocycles. The zero-order valence-electron chi connectivity index (χ0n) is 32.4. The summed E-state index contributed by atoms with van der Waals surface area (Å²) < 4.78 is 21.5. The number of esters is 2. The largest absolute Gasteiger partial charge is 0.463 e. The third-order valence-corrected chi connectivity index (χ3v) is 9.59. The van der Waals surface area contributed by atoms with Crippen LogP contribution in [0.15, 0.2) is 12.2 Å². The van der Waals surface area contributed by atoms with E-state index in [9.17, 15) is 30.0 Å². The van der Waals surface area contributed by atoms with Crippen molar-refractivity contribution in [2.75, 3.05) is 19.8 Å². The second kappa shape index (κ2) is 33.0. The van der Waals surface area contributed by atoms with E-state index < -0.39 is 42.8 Å². The summed E-state index contributed by atoms with van der Waals surface area (Å²) in [6.45, 7) is 3.54. The molecule has 0 aromatic heterocycles. The maximum atomic E-state index is 12.3. The van der Waals surface area contributed by atoms with Crippen LogP contribution in [0.2, 0.25) is 0 Å². The van der Waals surface area contributed by atoms with E-state index >= 15 is 0 Å². The molecule has 0 amide bonds. The van der Waals surface area contributed by atoms with Crippen LogP contribution in [0.4, 0.5) is 0 Å². The highest BCUT2D eigenvalue weighted by molar-refractivity contribution is 5.69. The summed E-state index contributed by atoms with van der Waals surface area (Å²) >= 11 is 0. The Balaban J connectivity index is 2.12. The lowest BCUT2D eigenvalue weighted by Crippen LogP contribution is -2.59. The van der Waals surface area contributed by atoms with E-state index in [1.807, 2.05) is 0 Å². The first-order valence-corrected chi connectivity index (χ1v) is 20.8. The molecule has 0 aromatic rings. The summed E-state index contributed by atoms with van der Waals surface area (Å²) in [5.41, 5.74) is 0. The maximum absolute atomic E-state index is 12.3. The zero-order chi connectivity index (χ0) is 37.4. The number of carbonyl (C=O) groups is 2. The minimum absolute atomic E-state index is 0.246. The van der Waals surface area contributed by atoms with Crippen molar-refractivity contribution < 1.29 is 49.0 Å². The highest BCUT2D eigenvalue weighted by Gasteiger charge is 2.45. The van der Waals surface area contributed by atoms with E-state index in [1.54, 1.807) is 0 Å². The van der Waals surface area contributed by atoms with Crippen LogP contribution in [0.3, 0.4) is 0 Å². The molecule has 0 radical (unpaired) electrons. The van der Waals surface area contributed by atoms with Crippen molar-refractivity contribution in [1.29, 1.82) is 0 Å². The Hall–Kier alpha value is -1.56. The van der Waals surface area contributed by atoms with Gasteiger partial charge >= 0.3 is 11.9 Å². The van der Waals surface area contributed by atoms with E-state index in [0.29, 0.717) is 6.42 Å². The second-order valence-electron chi connectivity index (χ2n) is 14.5. The molecule has 0 spiro atoms. The van der Waals surface area contributed by atoms with Crippen LogP contribution in [0, 0.1) is 0 Å². The van der Waals surface area contributed by atoms with E-state index in [0.717, 1.165) is 51.4 Å². The van der Waals surface area contributed by atoms with Crippen molar-refractivity contribution >= 4 is 11.9 Å². The molecule has 4 N–H and O–H groups in total. The molecule has 0 aliphatic carbocycles. The molecule has 6 atom stereocenters. The first-order valence-electron chi connectivity index (χ1n) is 20.8. The topological polar surface area (TPSA) is 152 Å². The zero-order valence-corrected chi connectivity index (χ0v) is 32.4. The number of ether oxygens (including phenoxy) is 4. The number of aliphatic hydroxyl groups is 4. The molecule has 0 bridgehead atoms. The third-order valence-electron chi connectivity index (χ3n) is 9.59. The van der Waals surface area contributed by atoms with Gasteiger partial charge in [-0.2, -0.15) is 0 Å². The summed E-state index contributed by atoms with van der Waals surface area (Å²) in [5.74, 6) is -0.811. The van der Waals surface area contributed by atoms with Crippen LogP contribution < -0.4 is 0 Å². The molecule has 300 valence electrons. The van der Waals surface area contributed by atoms with E-state index in [2.05, 4.69) is 26.0 Å². The predicted molar refractivity (Wildman–Crippen MR) is 201 cm³/mol. The number of carbonyl (C=O) groups excluding carboxylic acids is 2. The smallest absolute Gasteiger partial charge is 0.305 e. The lowest BCUT2D eigenvalue weighted by molar-refractivity contribution is -0.305. The van der Waals surface area contributed by atoms with Crippen molar-refractivity contribution in [3.63, 3.8) is 0 Å².